The Bertz CT molecular complexity index is 767. The summed E-state index contributed by atoms with van der Waals surface area (Å²) in [6, 6.07) is 13.8. The molecule has 0 unspecified atom stereocenters. The van der Waals surface area contributed by atoms with E-state index in [4.69, 9.17) is 4.74 Å². The van der Waals surface area contributed by atoms with Crippen molar-refractivity contribution in [1.82, 2.24) is 0 Å². The number of ether oxygens (including phenoxy) is 2. The Morgan fingerprint density at radius 1 is 1.00 bits per heavy atom. The van der Waals surface area contributed by atoms with Crippen LogP contribution in [-0.4, -0.2) is 32.1 Å². The molecule has 0 saturated heterocycles. The van der Waals surface area contributed by atoms with Gasteiger partial charge in [-0.05, 0) is 61.0 Å². The molecule has 0 aliphatic rings. The standard InChI is InChI=1S/C20H22N2O4/c1-14(2)13-26-18-10-8-16(9-11-18)21-12-19(23)22-17-6-4-15(5-7-17)20(24)25-3/h4-11,21H,1,12-13H2,2-3H3,(H,22,23). The SMILES string of the molecule is C=C(C)COc1ccc(NCC(=O)Nc2ccc(C(=O)OC)cc2)cc1. The van der Waals surface area contributed by atoms with Crippen LogP contribution in [0.5, 0.6) is 5.75 Å². The van der Waals surface area contributed by atoms with E-state index >= 15 is 0 Å². The van der Waals surface area contributed by atoms with Crippen LogP contribution in [-0.2, 0) is 9.53 Å². The third kappa shape index (κ3) is 5.98. The fourth-order valence-electron chi connectivity index (χ4n) is 2.07. The highest BCUT2D eigenvalue weighted by Crippen LogP contribution is 2.16. The van der Waals surface area contributed by atoms with E-state index in [-0.39, 0.29) is 12.5 Å². The number of amides is 1. The van der Waals surface area contributed by atoms with Gasteiger partial charge >= 0.3 is 5.97 Å². The Morgan fingerprint density at radius 2 is 1.62 bits per heavy atom. The molecule has 0 spiro atoms. The van der Waals surface area contributed by atoms with Crippen molar-refractivity contribution in [2.75, 3.05) is 30.9 Å². The molecule has 2 aromatic rings. The molecule has 0 fully saturated rings. The molecule has 26 heavy (non-hydrogen) atoms. The molecule has 2 aromatic carbocycles. The fourth-order valence-corrected chi connectivity index (χ4v) is 2.07. The first kappa shape index (κ1) is 19.1. The zero-order chi connectivity index (χ0) is 18.9. The van der Waals surface area contributed by atoms with Crippen molar-refractivity contribution in [3.8, 4) is 5.75 Å². The summed E-state index contributed by atoms with van der Waals surface area (Å²) in [6.45, 7) is 6.28. The van der Waals surface area contributed by atoms with Crippen molar-refractivity contribution in [3.63, 3.8) is 0 Å². The smallest absolute Gasteiger partial charge is 0.337 e. The minimum absolute atomic E-state index is 0.116. The van der Waals surface area contributed by atoms with E-state index in [0.29, 0.717) is 17.9 Å². The van der Waals surface area contributed by atoms with Crippen molar-refractivity contribution in [2.45, 2.75) is 6.92 Å². The summed E-state index contributed by atoms with van der Waals surface area (Å²) >= 11 is 0. The van der Waals surface area contributed by atoms with E-state index < -0.39 is 5.97 Å². The number of hydrogen-bond donors (Lipinski definition) is 2. The van der Waals surface area contributed by atoms with Gasteiger partial charge in [0.2, 0.25) is 5.91 Å². The number of nitrogens with one attached hydrogen (secondary N) is 2. The predicted molar refractivity (Wildman–Crippen MR) is 102 cm³/mol. The van der Waals surface area contributed by atoms with E-state index in [1.165, 1.54) is 7.11 Å². The van der Waals surface area contributed by atoms with Gasteiger partial charge < -0.3 is 20.1 Å². The number of anilines is 2. The minimum atomic E-state index is -0.416. The molecule has 0 heterocycles. The molecule has 136 valence electrons. The van der Waals surface area contributed by atoms with Gasteiger partial charge in [-0.25, -0.2) is 4.79 Å². The minimum Gasteiger partial charge on any atom is -0.489 e. The largest absolute Gasteiger partial charge is 0.489 e. The molecule has 0 bridgehead atoms. The molecule has 0 atom stereocenters. The van der Waals surface area contributed by atoms with Crippen LogP contribution in [0.15, 0.2) is 60.7 Å². The van der Waals surface area contributed by atoms with Gasteiger partial charge in [-0.2, -0.15) is 0 Å². The van der Waals surface area contributed by atoms with E-state index in [2.05, 4.69) is 21.9 Å². The normalized spacial score (nSPS) is 9.92. The fraction of sp³-hybridized carbons (Fsp3) is 0.200. The lowest BCUT2D eigenvalue weighted by Crippen LogP contribution is -2.21. The molecule has 0 aliphatic heterocycles. The highest BCUT2D eigenvalue weighted by atomic mass is 16.5. The van der Waals surface area contributed by atoms with Gasteiger partial charge in [0, 0.05) is 11.4 Å². The second-order valence-corrected chi connectivity index (χ2v) is 5.74. The summed E-state index contributed by atoms with van der Waals surface area (Å²) in [6.07, 6.45) is 0. The van der Waals surface area contributed by atoms with Crippen LogP contribution in [0.4, 0.5) is 11.4 Å². The lowest BCUT2D eigenvalue weighted by atomic mass is 10.2. The van der Waals surface area contributed by atoms with Crippen molar-refractivity contribution < 1.29 is 19.1 Å². The van der Waals surface area contributed by atoms with Crippen molar-refractivity contribution in [2.24, 2.45) is 0 Å². The zero-order valence-electron chi connectivity index (χ0n) is 14.9. The molecule has 6 nitrogen and oxygen atoms in total. The number of carbonyl (C=O) groups is 2. The van der Waals surface area contributed by atoms with Crippen LogP contribution in [0.25, 0.3) is 0 Å². The molecular weight excluding hydrogens is 332 g/mol. The Labute approximate surface area is 152 Å². The number of esters is 1. The van der Waals surface area contributed by atoms with Crippen LogP contribution in [0.1, 0.15) is 17.3 Å². The molecule has 0 saturated carbocycles. The topological polar surface area (TPSA) is 76.7 Å². The number of hydrogen-bond acceptors (Lipinski definition) is 5. The van der Waals surface area contributed by atoms with Crippen LogP contribution in [0.2, 0.25) is 0 Å². The van der Waals surface area contributed by atoms with Gasteiger partial charge in [0.15, 0.2) is 0 Å². The van der Waals surface area contributed by atoms with Gasteiger partial charge in [-0.15, -0.1) is 0 Å². The molecule has 2 N–H and O–H groups in total. The van der Waals surface area contributed by atoms with Crippen LogP contribution >= 0.6 is 0 Å². The Balaban J connectivity index is 1.81. The van der Waals surface area contributed by atoms with Gasteiger partial charge in [0.05, 0.1) is 19.2 Å². The molecule has 2 rings (SSSR count). The van der Waals surface area contributed by atoms with Crippen molar-refractivity contribution in [3.05, 3.63) is 66.2 Å². The third-order valence-corrected chi connectivity index (χ3v) is 3.38. The zero-order valence-corrected chi connectivity index (χ0v) is 14.9. The molecule has 6 heteroatoms. The monoisotopic (exact) mass is 354 g/mol. The number of benzene rings is 2. The highest BCUT2D eigenvalue weighted by molar-refractivity contribution is 5.95. The number of carbonyl (C=O) groups excluding carboxylic acids is 2. The van der Waals surface area contributed by atoms with Crippen LogP contribution in [0.3, 0.4) is 0 Å². The lowest BCUT2D eigenvalue weighted by Gasteiger charge is -2.10. The maximum atomic E-state index is 12.0. The maximum absolute atomic E-state index is 12.0. The Morgan fingerprint density at radius 3 is 2.19 bits per heavy atom. The Kier molecular flexibility index (Phi) is 6.79. The third-order valence-electron chi connectivity index (χ3n) is 3.38. The number of rotatable bonds is 8. The quantitative estimate of drug-likeness (QED) is 0.561. The van der Waals surface area contributed by atoms with Gasteiger partial charge in [0.25, 0.3) is 0 Å². The second kappa shape index (κ2) is 9.27. The summed E-state index contributed by atoms with van der Waals surface area (Å²) < 4.78 is 10.2. The first-order valence-electron chi connectivity index (χ1n) is 8.07. The summed E-state index contributed by atoms with van der Waals surface area (Å²) in [5.41, 5.74) is 2.79. The molecule has 0 radical (unpaired) electrons. The van der Waals surface area contributed by atoms with E-state index in [9.17, 15) is 9.59 Å². The van der Waals surface area contributed by atoms with E-state index in [1.807, 2.05) is 31.2 Å². The summed E-state index contributed by atoms with van der Waals surface area (Å²) in [5.74, 6) is 0.132. The Hall–Kier alpha value is -3.28. The average Bonchev–Trinajstić information content (AvgIpc) is 2.65. The van der Waals surface area contributed by atoms with Gasteiger partial charge in [-0.3, -0.25) is 4.79 Å². The average molecular weight is 354 g/mol. The predicted octanol–water partition coefficient (Wildman–Crippen LogP) is 3.48. The summed E-state index contributed by atoms with van der Waals surface area (Å²) in [7, 11) is 1.32. The van der Waals surface area contributed by atoms with Crippen LogP contribution in [0, 0.1) is 0 Å². The first-order valence-corrected chi connectivity index (χ1v) is 8.07. The highest BCUT2D eigenvalue weighted by Gasteiger charge is 2.06. The van der Waals surface area contributed by atoms with Gasteiger partial charge in [0.1, 0.15) is 12.4 Å². The maximum Gasteiger partial charge on any atom is 0.337 e. The number of methoxy groups -OCH3 is 1. The molecule has 0 aromatic heterocycles. The molecular formula is C20H22N2O4. The molecule has 0 aliphatic carbocycles. The lowest BCUT2D eigenvalue weighted by molar-refractivity contribution is -0.114. The van der Waals surface area contributed by atoms with Crippen LogP contribution < -0.4 is 15.4 Å². The molecule has 1 amide bonds. The van der Waals surface area contributed by atoms with E-state index in [1.54, 1.807) is 24.3 Å². The summed E-state index contributed by atoms with van der Waals surface area (Å²) in [5, 5.41) is 5.79. The summed E-state index contributed by atoms with van der Waals surface area (Å²) in [4.78, 5) is 23.4. The van der Waals surface area contributed by atoms with Crippen molar-refractivity contribution >= 4 is 23.3 Å². The van der Waals surface area contributed by atoms with Gasteiger partial charge in [-0.1, -0.05) is 6.58 Å². The van der Waals surface area contributed by atoms with E-state index in [0.717, 1.165) is 17.0 Å². The first-order chi connectivity index (χ1) is 12.5. The second-order valence-electron chi connectivity index (χ2n) is 5.74. The van der Waals surface area contributed by atoms with Crippen molar-refractivity contribution in [1.29, 1.82) is 0 Å².